The molecule has 1 N–H and O–H groups in total. The summed E-state index contributed by atoms with van der Waals surface area (Å²) in [6.45, 7) is 8.59. The van der Waals surface area contributed by atoms with Crippen molar-refractivity contribution in [1.82, 2.24) is 4.31 Å². The van der Waals surface area contributed by atoms with Crippen molar-refractivity contribution in [2.45, 2.75) is 38.5 Å². The van der Waals surface area contributed by atoms with Crippen LogP contribution in [-0.2, 0) is 10.0 Å². The average molecular weight is 460 g/mol. The van der Waals surface area contributed by atoms with Gasteiger partial charge in [0, 0.05) is 43.1 Å². The van der Waals surface area contributed by atoms with Gasteiger partial charge in [0.05, 0.1) is 7.11 Å². The van der Waals surface area contributed by atoms with Gasteiger partial charge in [0.2, 0.25) is 10.0 Å². The Morgan fingerprint density at radius 2 is 1.72 bits per heavy atom. The summed E-state index contributed by atoms with van der Waals surface area (Å²) in [7, 11) is -2.35. The summed E-state index contributed by atoms with van der Waals surface area (Å²) in [6.07, 6.45) is 2.38. The molecule has 0 aromatic heterocycles. The van der Waals surface area contributed by atoms with Crippen molar-refractivity contribution in [3.8, 4) is 5.75 Å². The molecular formula is C24H33N3O4S. The summed E-state index contributed by atoms with van der Waals surface area (Å²) in [5.74, 6) is 0.613. The van der Waals surface area contributed by atoms with Gasteiger partial charge in [-0.2, -0.15) is 4.31 Å². The Hall–Kier alpha value is -2.58. The Bertz CT molecular complexity index is 1030. The van der Waals surface area contributed by atoms with E-state index >= 15 is 0 Å². The molecule has 0 spiro atoms. The van der Waals surface area contributed by atoms with Crippen molar-refractivity contribution in [3.05, 3.63) is 48.0 Å². The maximum atomic E-state index is 13.0. The minimum Gasteiger partial charge on any atom is -0.495 e. The molecule has 1 heterocycles. The molecule has 0 unspecified atom stereocenters. The van der Waals surface area contributed by atoms with Crippen molar-refractivity contribution in [2.24, 2.45) is 5.92 Å². The largest absolute Gasteiger partial charge is 0.495 e. The van der Waals surface area contributed by atoms with Gasteiger partial charge in [0.15, 0.2) is 0 Å². The van der Waals surface area contributed by atoms with Gasteiger partial charge in [0.1, 0.15) is 10.6 Å². The smallest absolute Gasteiger partial charge is 0.255 e. The van der Waals surface area contributed by atoms with Crippen LogP contribution in [0, 0.1) is 5.92 Å². The molecule has 0 aliphatic carbocycles. The van der Waals surface area contributed by atoms with E-state index in [4.69, 9.17) is 4.74 Å². The quantitative estimate of drug-likeness (QED) is 0.640. The molecule has 7 nitrogen and oxygen atoms in total. The fraction of sp³-hybridized carbons (Fsp3) is 0.458. The molecular weight excluding hydrogens is 426 g/mol. The Kier molecular flexibility index (Phi) is 7.79. The second kappa shape index (κ2) is 10.4. The standard InChI is InChI=1S/C24H33N3O4S/c1-5-27(6-2)32(29,30)23-17-19(7-12-22(23)31-4)24(28)25-20-8-10-21(11-9-20)26-15-13-18(3)14-16-26/h7-12,17-18H,5-6,13-16H2,1-4H3,(H,25,28). The maximum absolute atomic E-state index is 13.0. The predicted octanol–water partition coefficient (Wildman–Crippen LogP) is 4.21. The summed E-state index contributed by atoms with van der Waals surface area (Å²) >= 11 is 0. The molecule has 2 aromatic carbocycles. The van der Waals surface area contributed by atoms with Crippen LogP contribution >= 0.6 is 0 Å². The van der Waals surface area contributed by atoms with Crippen LogP contribution in [0.25, 0.3) is 0 Å². The fourth-order valence-electron chi connectivity index (χ4n) is 3.95. The van der Waals surface area contributed by atoms with E-state index in [1.165, 1.54) is 36.4 Å². The summed E-state index contributed by atoms with van der Waals surface area (Å²) < 4.78 is 32.6. The van der Waals surface area contributed by atoms with E-state index in [1.807, 2.05) is 24.3 Å². The van der Waals surface area contributed by atoms with Gasteiger partial charge in [-0.15, -0.1) is 0 Å². The molecule has 0 saturated carbocycles. The van der Waals surface area contributed by atoms with Crippen molar-refractivity contribution in [2.75, 3.05) is 43.5 Å². The molecule has 174 valence electrons. The highest BCUT2D eigenvalue weighted by molar-refractivity contribution is 7.89. The lowest BCUT2D eigenvalue weighted by atomic mass is 9.99. The number of rotatable bonds is 8. The number of nitrogens with zero attached hydrogens (tertiary/aromatic N) is 2. The van der Waals surface area contributed by atoms with Crippen LogP contribution in [0.2, 0.25) is 0 Å². The molecule has 0 atom stereocenters. The first kappa shape index (κ1) is 24.1. The maximum Gasteiger partial charge on any atom is 0.255 e. The summed E-state index contributed by atoms with van der Waals surface area (Å²) in [4.78, 5) is 15.2. The molecule has 0 radical (unpaired) electrons. The highest BCUT2D eigenvalue weighted by Gasteiger charge is 2.27. The number of carbonyl (C=O) groups excluding carboxylic acids is 1. The molecule has 1 saturated heterocycles. The lowest BCUT2D eigenvalue weighted by Crippen LogP contribution is -2.32. The highest BCUT2D eigenvalue weighted by atomic mass is 32.2. The molecule has 8 heteroatoms. The van der Waals surface area contributed by atoms with E-state index in [-0.39, 0.29) is 22.1 Å². The van der Waals surface area contributed by atoms with Crippen molar-refractivity contribution >= 4 is 27.3 Å². The number of amides is 1. The van der Waals surface area contributed by atoms with Crippen molar-refractivity contribution < 1.29 is 17.9 Å². The number of methoxy groups -OCH3 is 1. The van der Waals surface area contributed by atoms with Gasteiger partial charge >= 0.3 is 0 Å². The highest BCUT2D eigenvalue weighted by Crippen LogP contribution is 2.29. The first-order valence-corrected chi connectivity index (χ1v) is 12.6. The average Bonchev–Trinajstić information content (AvgIpc) is 2.80. The van der Waals surface area contributed by atoms with Crippen molar-refractivity contribution in [3.63, 3.8) is 0 Å². The monoisotopic (exact) mass is 459 g/mol. The van der Waals surface area contributed by atoms with Crippen LogP contribution in [0.1, 0.15) is 44.0 Å². The third kappa shape index (κ3) is 5.24. The molecule has 2 aromatic rings. The zero-order valence-corrected chi connectivity index (χ0v) is 20.1. The lowest BCUT2D eigenvalue weighted by molar-refractivity contribution is 0.102. The molecule has 1 amide bonds. The SMILES string of the molecule is CCN(CC)S(=O)(=O)c1cc(C(=O)Nc2ccc(N3CCC(C)CC3)cc2)ccc1OC. The van der Waals surface area contributed by atoms with E-state index in [1.54, 1.807) is 19.9 Å². The number of nitrogens with one attached hydrogen (secondary N) is 1. The second-order valence-electron chi connectivity index (χ2n) is 8.13. The minimum absolute atomic E-state index is 0.00831. The van der Waals surface area contributed by atoms with E-state index in [2.05, 4.69) is 17.1 Å². The number of ether oxygens (including phenoxy) is 1. The van der Waals surface area contributed by atoms with Crippen LogP contribution in [0.5, 0.6) is 5.75 Å². The Morgan fingerprint density at radius 1 is 1.09 bits per heavy atom. The first-order chi connectivity index (χ1) is 15.3. The lowest BCUT2D eigenvalue weighted by Gasteiger charge is -2.32. The summed E-state index contributed by atoms with van der Waals surface area (Å²) in [5.41, 5.74) is 2.06. The second-order valence-corrected chi connectivity index (χ2v) is 10.0. The Labute approximate surface area is 191 Å². The third-order valence-corrected chi connectivity index (χ3v) is 8.09. The zero-order chi connectivity index (χ0) is 23.3. The number of piperidine rings is 1. The number of hydrogen-bond acceptors (Lipinski definition) is 5. The van der Waals surface area contributed by atoms with Gasteiger partial charge in [-0.05, 0) is 61.2 Å². The van der Waals surface area contributed by atoms with E-state index in [0.29, 0.717) is 18.8 Å². The van der Waals surface area contributed by atoms with Crippen LogP contribution in [0.3, 0.4) is 0 Å². The van der Waals surface area contributed by atoms with Crippen LogP contribution in [0.4, 0.5) is 11.4 Å². The normalized spacial score (nSPS) is 15.1. The van der Waals surface area contributed by atoms with Gasteiger partial charge < -0.3 is 15.0 Å². The molecule has 0 bridgehead atoms. The van der Waals surface area contributed by atoms with Gasteiger partial charge in [-0.1, -0.05) is 20.8 Å². The summed E-state index contributed by atoms with van der Waals surface area (Å²) in [6, 6.07) is 12.2. The van der Waals surface area contributed by atoms with Gasteiger partial charge in [-0.25, -0.2) is 8.42 Å². The predicted molar refractivity (Wildman–Crippen MR) is 128 cm³/mol. The van der Waals surface area contributed by atoms with Crippen LogP contribution in [0.15, 0.2) is 47.4 Å². The molecule has 1 aliphatic rings. The zero-order valence-electron chi connectivity index (χ0n) is 19.3. The van der Waals surface area contributed by atoms with Crippen LogP contribution < -0.4 is 15.0 Å². The fourth-order valence-corrected chi connectivity index (χ4v) is 5.59. The molecule has 1 aliphatic heterocycles. The Balaban J connectivity index is 1.78. The third-order valence-electron chi connectivity index (χ3n) is 6.02. The minimum atomic E-state index is -3.77. The number of benzene rings is 2. The number of anilines is 2. The van der Waals surface area contributed by atoms with E-state index < -0.39 is 10.0 Å². The number of carbonyl (C=O) groups is 1. The summed E-state index contributed by atoms with van der Waals surface area (Å²) in [5, 5.41) is 2.86. The molecule has 32 heavy (non-hydrogen) atoms. The topological polar surface area (TPSA) is 79.0 Å². The van der Waals surface area contributed by atoms with E-state index in [0.717, 1.165) is 24.7 Å². The molecule has 1 fully saturated rings. The molecule has 3 rings (SSSR count). The van der Waals surface area contributed by atoms with E-state index in [9.17, 15) is 13.2 Å². The first-order valence-electron chi connectivity index (χ1n) is 11.1. The van der Waals surface area contributed by atoms with Crippen LogP contribution in [-0.4, -0.2) is 51.9 Å². The van der Waals surface area contributed by atoms with Gasteiger partial charge in [-0.3, -0.25) is 4.79 Å². The van der Waals surface area contributed by atoms with Gasteiger partial charge in [0.25, 0.3) is 5.91 Å². The van der Waals surface area contributed by atoms with Crippen molar-refractivity contribution in [1.29, 1.82) is 0 Å². The number of sulfonamides is 1. The Morgan fingerprint density at radius 3 is 2.28 bits per heavy atom. The number of hydrogen-bond donors (Lipinski definition) is 1.